The van der Waals surface area contributed by atoms with E-state index < -0.39 is 0 Å². The van der Waals surface area contributed by atoms with E-state index in [-0.39, 0.29) is 18.5 Å². The van der Waals surface area contributed by atoms with Crippen molar-refractivity contribution in [2.75, 3.05) is 25.1 Å². The molecule has 0 aliphatic rings. The SMILES string of the molecule is CCOCC(NCC(=O)Nc1cccc(Br)c1)C(C)C. The fourth-order valence-corrected chi connectivity index (χ4v) is 2.13. The smallest absolute Gasteiger partial charge is 0.238 e. The molecule has 0 aliphatic carbocycles. The predicted octanol–water partition coefficient (Wildman–Crippen LogP) is 3.04. The molecule has 20 heavy (non-hydrogen) atoms. The number of anilines is 1. The van der Waals surface area contributed by atoms with E-state index >= 15 is 0 Å². The van der Waals surface area contributed by atoms with E-state index in [9.17, 15) is 4.79 Å². The molecule has 1 aromatic rings. The number of amides is 1. The third-order valence-corrected chi connectivity index (χ3v) is 3.43. The Morgan fingerprint density at radius 2 is 2.15 bits per heavy atom. The van der Waals surface area contributed by atoms with Crippen molar-refractivity contribution in [3.8, 4) is 0 Å². The van der Waals surface area contributed by atoms with Gasteiger partial charge in [0.05, 0.1) is 13.2 Å². The number of halogens is 1. The van der Waals surface area contributed by atoms with Crippen LogP contribution in [-0.2, 0) is 9.53 Å². The highest BCUT2D eigenvalue weighted by Gasteiger charge is 2.14. The van der Waals surface area contributed by atoms with Gasteiger partial charge in [-0.15, -0.1) is 0 Å². The summed E-state index contributed by atoms with van der Waals surface area (Å²) in [7, 11) is 0. The van der Waals surface area contributed by atoms with Gasteiger partial charge in [-0.25, -0.2) is 0 Å². The van der Waals surface area contributed by atoms with E-state index in [0.717, 1.165) is 10.2 Å². The number of rotatable bonds is 8. The van der Waals surface area contributed by atoms with Crippen LogP contribution in [0.15, 0.2) is 28.7 Å². The van der Waals surface area contributed by atoms with E-state index in [2.05, 4.69) is 40.4 Å². The Bertz CT molecular complexity index is 424. The Balaban J connectivity index is 2.41. The number of carbonyl (C=O) groups excluding carboxylic acids is 1. The van der Waals surface area contributed by atoms with Crippen LogP contribution in [0, 0.1) is 5.92 Å². The summed E-state index contributed by atoms with van der Waals surface area (Å²) in [6.07, 6.45) is 0. The Labute approximate surface area is 129 Å². The van der Waals surface area contributed by atoms with Crippen LogP contribution in [0.2, 0.25) is 0 Å². The standard InChI is InChI=1S/C15H23BrN2O2/c1-4-20-10-14(11(2)3)17-9-15(19)18-13-7-5-6-12(16)8-13/h5-8,11,14,17H,4,9-10H2,1-3H3,(H,18,19). The predicted molar refractivity (Wildman–Crippen MR) is 85.9 cm³/mol. The molecule has 0 aromatic heterocycles. The summed E-state index contributed by atoms with van der Waals surface area (Å²) < 4.78 is 6.37. The molecule has 0 saturated carbocycles. The Kier molecular flexibility index (Phi) is 7.80. The van der Waals surface area contributed by atoms with Crippen molar-refractivity contribution in [3.05, 3.63) is 28.7 Å². The fraction of sp³-hybridized carbons (Fsp3) is 0.533. The van der Waals surface area contributed by atoms with Gasteiger partial charge >= 0.3 is 0 Å². The molecule has 2 N–H and O–H groups in total. The van der Waals surface area contributed by atoms with Gasteiger partial charge in [0.25, 0.3) is 0 Å². The molecule has 1 rings (SSSR count). The minimum absolute atomic E-state index is 0.0507. The van der Waals surface area contributed by atoms with Gasteiger partial charge in [0.1, 0.15) is 0 Å². The Morgan fingerprint density at radius 1 is 1.40 bits per heavy atom. The van der Waals surface area contributed by atoms with Crippen LogP contribution in [0.25, 0.3) is 0 Å². The quantitative estimate of drug-likeness (QED) is 0.763. The fourth-order valence-electron chi connectivity index (χ4n) is 1.73. The molecular weight excluding hydrogens is 320 g/mol. The highest BCUT2D eigenvalue weighted by atomic mass is 79.9. The highest BCUT2D eigenvalue weighted by Crippen LogP contribution is 2.15. The summed E-state index contributed by atoms with van der Waals surface area (Å²) in [5, 5.41) is 6.10. The molecule has 0 radical (unpaired) electrons. The lowest BCUT2D eigenvalue weighted by atomic mass is 10.1. The average molecular weight is 343 g/mol. The third-order valence-electron chi connectivity index (χ3n) is 2.94. The van der Waals surface area contributed by atoms with Gasteiger partial charge in [-0.1, -0.05) is 35.8 Å². The van der Waals surface area contributed by atoms with E-state index in [0.29, 0.717) is 19.1 Å². The molecule has 0 spiro atoms. The lowest BCUT2D eigenvalue weighted by Crippen LogP contribution is -2.42. The van der Waals surface area contributed by atoms with E-state index in [4.69, 9.17) is 4.74 Å². The molecule has 1 atom stereocenters. The Hall–Kier alpha value is -0.910. The van der Waals surface area contributed by atoms with E-state index in [1.165, 1.54) is 0 Å². The van der Waals surface area contributed by atoms with Crippen molar-refractivity contribution < 1.29 is 9.53 Å². The van der Waals surface area contributed by atoms with Crippen molar-refractivity contribution in [2.45, 2.75) is 26.8 Å². The topological polar surface area (TPSA) is 50.4 Å². The van der Waals surface area contributed by atoms with E-state index in [1.54, 1.807) is 0 Å². The summed E-state index contributed by atoms with van der Waals surface area (Å²) in [5.74, 6) is 0.366. The minimum Gasteiger partial charge on any atom is -0.380 e. The number of ether oxygens (including phenoxy) is 1. The molecule has 0 saturated heterocycles. The van der Waals surface area contributed by atoms with Crippen LogP contribution in [0.4, 0.5) is 5.69 Å². The molecular formula is C15H23BrN2O2. The molecule has 4 nitrogen and oxygen atoms in total. The highest BCUT2D eigenvalue weighted by molar-refractivity contribution is 9.10. The molecule has 0 aliphatic heterocycles. The van der Waals surface area contributed by atoms with Crippen molar-refractivity contribution >= 4 is 27.5 Å². The zero-order valence-electron chi connectivity index (χ0n) is 12.3. The maximum absolute atomic E-state index is 11.9. The summed E-state index contributed by atoms with van der Waals surface area (Å²) in [6, 6.07) is 7.73. The first-order valence-corrected chi connectivity index (χ1v) is 7.68. The summed E-state index contributed by atoms with van der Waals surface area (Å²) in [5.41, 5.74) is 0.789. The van der Waals surface area contributed by atoms with Gasteiger partial charge in [0.15, 0.2) is 0 Å². The first-order chi connectivity index (χ1) is 9.52. The van der Waals surface area contributed by atoms with Crippen molar-refractivity contribution in [3.63, 3.8) is 0 Å². The number of benzene rings is 1. The van der Waals surface area contributed by atoms with Crippen LogP contribution >= 0.6 is 15.9 Å². The maximum atomic E-state index is 11.9. The van der Waals surface area contributed by atoms with Crippen molar-refractivity contribution in [1.82, 2.24) is 5.32 Å². The van der Waals surface area contributed by atoms with Crippen molar-refractivity contribution in [2.24, 2.45) is 5.92 Å². The zero-order valence-corrected chi connectivity index (χ0v) is 13.9. The molecule has 0 fully saturated rings. The van der Waals surface area contributed by atoms with Crippen LogP contribution in [0.3, 0.4) is 0 Å². The summed E-state index contributed by atoms with van der Waals surface area (Å²) in [6.45, 7) is 7.79. The molecule has 1 aromatic carbocycles. The van der Waals surface area contributed by atoms with Crippen LogP contribution in [-0.4, -0.2) is 31.7 Å². The van der Waals surface area contributed by atoms with Crippen LogP contribution in [0.5, 0.6) is 0 Å². The average Bonchev–Trinajstić information content (AvgIpc) is 2.38. The number of nitrogens with one attached hydrogen (secondary N) is 2. The first-order valence-electron chi connectivity index (χ1n) is 6.89. The molecule has 1 amide bonds. The molecule has 0 heterocycles. The number of hydrogen-bond donors (Lipinski definition) is 2. The molecule has 5 heteroatoms. The number of hydrogen-bond acceptors (Lipinski definition) is 3. The van der Waals surface area contributed by atoms with Crippen LogP contribution in [0.1, 0.15) is 20.8 Å². The summed E-state index contributed by atoms with van der Waals surface area (Å²) in [4.78, 5) is 11.9. The van der Waals surface area contributed by atoms with Gasteiger partial charge < -0.3 is 15.4 Å². The third kappa shape index (κ3) is 6.50. The second kappa shape index (κ2) is 9.10. The van der Waals surface area contributed by atoms with Crippen molar-refractivity contribution in [1.29, 1.82) is 0 Å². The minimum atomic E-state index is -0.0507. The van der Waals surface area contributed by atoms with E-state index in [1.807, 2.05) is 31.2 Å². The molecule has 112 valence electrons. The van der Waals surface area contributed by atoms with Gasteiger partial charge in [0, 0.05) is 22.8 Å². The number of carbonyl (C=O) groups is 1. The Morgan fingerprint density at radius 3 is 2.75 bits per heavy atom. The van der Waals surface area contributed by atoms with Gasteiger partial charge in [0.2, 0.25) is 5.91 Å². The van der Waals surface area contributed by atoms with Gasteiger partial charge in [-0.3, -0.25) is 4.79 Å². The lowest BCUT2D eigenvalue weighted by Gasteiger charge is -2.21. The largest absolute Gasteiger partial charge is 0.380 e. The normalized spacial score (nSPS) is 12.4. The monoisotopic (exact) mass is 342 g/mol. The second-order valence-electron chi connectivity index (χ2n) is 4.95. The van der Waals surface area contributed by atoms with Gasteiger partial charge in [-0.2, -0.15) is 0 Å². The van der Waals surface area contributed by atoms with Crippen LogP contribution < -0.4 is 10.6 Å². The maximum Gasteiger partial charge on any atom is 0.238 e. The zero-order chi connectivity index (χ0) is 15.0. The lowest BCUT2D eigenvalue weighted by molar-refractivity contribution is -0.115. The first kappa shape index (κ1) is 17.1. The summed E-state index contributed by atoms with van der Waals surface area (Å²) >= 11 is 3.38. The van der Waals surface area contributed by atoms with Gasteiger partial charge in [-0.05, 0) is 31.0 Å². The molecule has 0 bridgehead atoms. The molecule has 1 unspecified atom stereocenters. The second-order valence-corrected chi connectivity index (χ2v) is 5.87.